The molecule has 3 aromatic carbocycles. The maximum atomic E-state index is 4.92. The first-order valence-corrected chi connectivity index (χ1v) is 13.1. The fraction of sp³-hybridized carbons (Fsp3) is 0. The highest BCUT2D eigenvalue weighted by Gasteiger charge is 2.18. The molecule has 0 spiro atoms. The van der Waals surface area contributed by atoms with Crippen LogP contribution in [0.1, 0.15) is 5.69 Å². The lowest BCUT2D eigenvalue weighted by atomic mass is 10.1. The minimum atomic E-state index is 0.650. The Morgan fingerprint density at radius 3 is 2.27 bits per heavy atom. The highest BCUT2D eigenvalue weighted by atomic mass is 15.0. The van der Waals surface area contributed by atoms with E-state index in [1.165, 1.54) is 27.9 Å². The zero-order valence-corrected chi connectivity index (χ0v) is 21.8. The summed E-state index contributed by atoms with van der Waals surface area (Å²) in [6.07, 6.45) is 7.15. The van der Waals surface area contributed by atoms with Crippen LogP contribution in [-0.4, -0.2) is 24.8 Å². The van der Waals surface area contributed by atoms with Crippen molar-refractivity contribution in [3.63, 3.8) is 0 Å². The van der Waals surface area contributed by atoms with Crippen molar-refractivity contribution in [3.8, 4) is 22.8 Å². The molecule has 7 rings (SSSR count). The van der Waals surface area contributed by atoms with Gasteiger partial charge < -0.3 is 9.13 Å². The number of benzene rings is 3. The average Bonchev–Trinajstić information content (AvgIpc) is 3.60. The number of hydrogen-bond donors (Lipinski definition) is 0. The highest BCUT2D eigenvalue weighted by Crippen LogP contribution is 2.38. The second-order valence-electron chi connectivity index (χ2n) is 9.48. The maximum absolute atomic E-state index is 4.92. The van der Waals surface area contributed by atoms with E-state index in [9.17, 15) is 0 Å². The summed E-state index contributed by atoms with van der Waals surface area (Å²) >= 11 is 0. The predicted molar refractivity (Wildman–Crippen MR) is 166 cm³/mol. The molecule has 0 aliphatic carbocycles. The second kappa shape index (κ2) is 9.64. The molecular weight excluding hydrogens is 490 g/mol. The van der Waals surface area contributed by atoms with Gasteiger partial charge in [-0.25, -0.2) is 4.98 Å². The lowest BCUT2D eigenvalue weighted by Gasteiger charge is -2.13. The standard InChI is InChI=1S/C35H25N5/c1-3-28(36-4-2)30-22-25(23-31(38-30)29-15-10-11-20-37-29)40-33-16-9-8-14-26(33)35-27-19-21-39(24-12-6-5-7-13-24)32(27)17-18-34(35)40/h3-23H,1-2H2. The summed E-state index contributed by atoms with van der Waals surface area (Å²) in [5, 5.41) is 3.61. The van der Waals surface area contributed by atoms with E-state index in [1.807, 2.05) is 24.3 Å². The molecule has 190 valence electrons. The van der Waals surface area contributed by atoms with E-state index in [1.54, 1.807) is 12.3 Å². The summed E-state index contributed by atoms with van der Waals surface area (Å²) in [5.74, 6) is 0. The van der Waals surface area contributed by atoms with Crippen molar-refractivity contribution >= 4 is 38.4 Å². The van der Waals surface area contributed by atoms with Gasteiger partial charge in [-0.05, 0) is 66.7 Å². The number of aromatic nitrogens is 4. The third-order valence-electron chi connectivity index (χ3n) is 7.22. The Morgan fingerprint density at radius 1 is 0.700 bits per heavy atom. The van der Waals surface area contributed by atoms with Crippen LogP contribution in [0.4, 0.5) is 0 Å². The number of allylic oxidation sites excluding steroid dienone is 1. The molecule has 5 nitrogen and oxygen atoms in total. The molecule has 0 unspecified atom stereocenters. The zero-order chi connectivity index (χ0) is 27.1. The molecule has 0 saturated heterocycles. The Kier molecular flexibility index (Phi) is 5.68. The van der Waals surface area contributed by atoms with E-state index < -0.39 is 0 Å². The number of rotatable bonds is 6. The molecule has 0 bridgehead atoms. The van der Waals surface area contributed by atoms with Crippen molar-refractivity contribution in [2.24, 2.45) is 4.99 Å². The van der Waals surface area contributed by atoms with E-state index in [2.05, 4.69) is 117 Å². The molecular formula is C35H25N5. The predicted octanol–water partition coefficient (Wildman–Crippen LogP) is 8.30. The number of hydrogen-bond acceptors (Lipinski definition) is 3. The Labute approximate surface area is 231 Å². The molecule has 4 heterocycles. The van der Waals surface area contributed by atoms with Gasteiger partial charge in [0, 0.05) is 40.4 Å². The third-order valence-corrected chi connectivity index (χ3v) is 7.22. The van der Waals surface area contributed by atoms with Crippen LogP contribution in [-0.2, 0) is 0 Å². The first-order chi connectivity index (χ1) is 19.8. The molecule has 0 fully saturated rings. The molecule has 5 heteroatoms. The Morgan fingerprint density at radius 2 is 1.48 bits per heavy atom. The van der Waals surface area contributed by atoms with E-state index in [0.29, 0.717) is 11.4 Å². The normalized spacial score (nSPS) is 11.8. The molecule has 40 heavy (non-hydrogen) atoms. The van der Waals surface area contributed by atoms with Gasteiger partial charge in [-0.2, -0.15) is 0 Å². The van der Waals surface area contributed by atoms with Gasteiger partial charge in [-0.3, -0.25) is 9.98 Å². The van der Waals surface area contributed by atoms with Crippen molar-refractivity contribution in [2.75, 3.05) is 0 Å². The van der Waals surface area contributed by atoms with E-state index in [0.717, 1.165) is 33.8 Å². The number of fused-ring (bicyclic) bond motifs is 5. The summed E-state index contributed by atoms with van der Waals surface area (Å²) in [4.78, 5) is 13.9. The van der Waals surface area contributed by atoms with E-state index >= 15 is 0 Å². The minimum Gasteiger partial charge on any atom is -0.317 e. The molecule has 7 aromatic rings. The quantitative estimate of drug-likeness (QED) is 0.209. The van der Waals surface area contributed by atoms with Crippen LogP contribution in [0.25, 0.3) is 55.5 Å². The lowest BCUT2D eigenvalue weighted by molar-refractivity contribution is 1.13. The fourth-order valence-corrected chi connectivity index (χ4v) is 5.52. The van der Waals surface area contributed by atoms with Crippen LogP contribution in [0.3, 0.4) is 0 Å². The fourth-order valence-electron chi connectivity index (χ4n) is 5.52. The Hall–Kier alpha value is -5.55. The Bertz CT molecular complexity index is 2080. The summed E-state index contributed by atoms with van der Waals surface area (Å²) < 4.78 is 4.54. The molecule has 4 aromatic heterocycles. The number of aliphatic imine (C=N–C) groups is 1. The third kappa shape index (κ3) is 3.76. The first kappa shape index (κ1) is 23.6. The van der Waals surface area contributed by atoms with E-state index in [-0.39, 0.29) is 0 Å². The monoisotopic (exact) mass is 515 g/mol. The van der Waals surface area contributed by atoms with Crippen LogP contribution in [0.5, 0.6) is 0 Å². The number of pyridine rings is 2. The molecule has 0 atom stereocenters. The molecule has 0 aliphatic heterocycles. The van der Waals surface area contributed by atoms with Gasteiger partial charge in [0.2, 0.25) is 0 Å². The molecule has 0 aliphatic rings. The maximum Gasteiger partial charge on any atom is 0.0915 e. The van der Waals surface area contributed by atoms with Crippen LogP contribution in [0.15, 0.2) is 146 Å². The SMILES string of the molecule is C=CN=C(C=C)c1cc(-n2c3ccccc3c3c4ccn(-c5ccccc5)c4ccc32)cc(-c2ccccn2)n1. The molecule has 0 amide bonds. The lowest BCUT2D eigenvalue weighted by Crippen LogP contribution is -2.05. The first-order valence-electron chi connectivity index (χ1n) is 13.1. The van der Waals surface area contributed by atoms with Crippen LogP contribution in [0.2, 0.25) is 0 Å². The molecule has 0 saturated carbocycles. The van der Waals surface area contributed by atoms with Gasteiger partial charge in [0.1, 0.15) is 0 Å². The summed E-state index contributed by atoms with van der Waals surface area (Å²) in [7, 11) is 0. The van der Waals surface area contributed by atoms with Crippen molar-refractivity contribution in [1.29, 1.82) is 0 Å². The van der Waals surface area contributed by atoms with Gasteiger partial charge in [0.25, 0.3) is 0 Å². The van der Waals surface area contributed by atoms with Crippen molar-refractivity contribution < 1.29 is 0 Å². The molecule has 0 N–H and O–H groups in total. The van der Waals surface area contributed by atoms with E-state index in [4.69, 9.17) is 4.98 Å². The Balaban J connectivity index is 1.55. The van der Waals surface area contributed by atoms with Gasteiger partial charge in [0.05, 0.1) is 45.0 Å². The molecule has 0 radical (unpaired) electrons. The topological polar surface area (TPSA) is 48.0 Å². The van der Waals surface area contributed by atoms with Crippen LogP contribution < -0.4 is 0 Å². The smallest absolute Gasteiger partial charge is 0.0915 e. The largest absolute Gasteiger partial charge is 0.317 e. The van der Waals surface area contributed by atoms with Crippen molar-refractivity contribution in [2.45, 2.75) is 0 Å². The van der Waals surface area contributed by atoms with Gasteiger partial charge in [-0.15, -0.1) is 0 Å². The van der Waals surface area contributed by atoms with Crippen molar-refractivity contribution in [1.82, 2.24) is 19.1 Å². The van der Waals surface area contributed by atoms with Crippen molar-refractivity contribution in [3.05, 3.63) is 147 Å². The van der Waals surface area contributed by atoms with Gasteiger partial charge in [0.15, 0.2) is 0 Å². The summed E-state index contributed by atoms with van der Waals surface area (Å²) in [6, 6.07) is 35.6. The number of nitrogens with zero attached hydrogens (tertiary/aromatic N) is 5. The average molecular weight is 516 g/mol. The second-order valence-corrected chi connectivity index (χ2v) is 9.48. The zero-order valence-electron chi connectivity index (χ0n) is 21.8. The van der Waals surface area contributed by atoms with Crippen LogP contribution in [0, 0.1) is 0 Å². The summed E-state index contributed by atoms with van der Waals surface area (Å²) in [5.41, 5.74) is 8.40. The van der Waals surface area contributed by atoms with Gasteiger partial charge in [-0.1, -0.05) is 55.6 Å². The summed E-state index contributed by atoms with van der Waals surface area (Å²) in [6.45, 7) is 7.75. The van der Waals surface area contributed by atoms with Gasteiger partial charge >= 0.3 is 0 Å². The highest BCUT2D eigenvalue weighted by molar-refractivity contribution is 6.21. The number of para-hydroxylation sites is 2. The minimum absolute atomic E-state index is 0.650. The van der Waals surface area contributed by atoms with Crippen LogP contribution >= 0.6 is 0 Å².